The highest BCUT2D eigenvalue weighted by molar-refractivity contribution is 5.87. The van der Waals surface area contributed by atoms with Crippen LogP contribution in [-0.4, -0.2) is 17.7 Å². The first-order valence-electron chi connectivity index (χ1n) is 6.06. The highest BCUT2D eigenvalue weighted by atomic mass is 19.1. The zero-order valence-electron chi connectivity index (χ0n) is 10.5. The Labute approximate surface area is 114 Å². The van der Waals surface area contributed by atoms with Gasteiger partial charge in [-0.2, -0.15) is 0 Å². The zero-order valence-corrected chi connectivity index (χ0v) is 10.5. The van der Waals surface area contributed by atoms with Crippen molar-refractivity contribution in [1.29, 1.82) is 0 Å². The molecule has 3 rings (SSSR count). The second kappa shape index (κ2) is 5.34. The minimum absolute atomic E-state index is 0.0576. The second-order valence-corrected chi connectivity index (χ2v) is 4.32. The Kier molecular flexibility index (Phi) is 3.39. The molecule has 0 fully saturated rings. The number of esters is 1. The largest absolute Gasteiger partial charge is 0.467 e. The highest BCUT2D eigenvalue weighted by Crippen LogP contribution is 2.30. The smallest absolute Gasteiger partial charge is 0.355 e. The maximum atomic E-state index is 13.5. The summed E-state index contributed by atoms with van der Waals surface area (Å²) in [5, 5.41) is 0. The Bertz CT molecular complexity index is 624. The van der Waals surface area contributed by atoms with Crippen LogP contribution in [0.3, 0.4) is 0 Å². The fourth-order valence-corrected chi connectivity index (χ4v) is 2.04. The summed E-state index contributed by atoms with van der Waals surface area (Å²) >= 11 is 0. The molecule has 2 aromatic rings. The molecular weight excluding hydrogens is 265 g/mol. The summed E-state index contributed by atoms with van der Waals surface area (Å²) in [7, 11) is 0. The van der Waals surface area contributed by atoms with Gasteiger partial charge >= 0.3 is 5.97 Å². The van der Waals surface area contributed by atoms with Gasteiger partial charge in [0.2, 0.25) is 0 Å². The van der Waals surface area contributed by atoms with Crippen molar-refractivity contribution < 1.29 is 23.4 Å². The van der Waals surface area contributed by atoms with Crippen LogP contribution >= 0.6 is 0 Å². The van der Waals surface area contributed by atoms with Crippen molar-refractivity contribution in [2.75, 3.05) is 6.79 Å². The van der Waals surface area contributed by atoms with Crippen LogP contribution in [0.25, 0.3) is 0 Å². The lowest BCUT2D eigenvalue weighted by atomic mass is 10.1. The van der Waals surface area contributed by atoms with Crippen molar-refractivity contribution in [3.63, 3.8) is 0 Å². The topological polar surface area (TPSA) is 60.6 Å². The second-order valence-electron chi connectivity index (χ2n) is 4.32. The van der Waals surface area contributed by atoms with E-state index >= 15 is 0 Å². The number of aromatic nitrogens is 1. The molecule has 0 aliphatic carbocycles. The fourth-order valence-electron chi connectivity index (χ4n) is 2.04. The molecule has 0 atom stereocenters. The van der Waals surface area contributed by atoms with E-state index in [4.69, 9.17) is 14.2 Å². The normalized spacial score (nSPS) is 13.4. The number of hydrogen-bond donors (Lipinski definition) is 1. The predicted octanol–water partition coefficient (Wildman–Crippen LogP) is 2.38. The fraction of sp³-hybridized carbons (Fsp3) is 0.214. The molecular formula is C14H12FNO4. The molecule has 1 aromatic carbocycles. The Hall–Kier alpha value is -2.34. The minimum Gasteiger partial charge on any atom is -0.467 e. The van der Waals surface area contributed by atoms with Gasteiger partial charge in [0.15, 0.2) is 6.79 Å². The summed E-state index contributed by atoms with van der Waals surface area (Å²) in [6, 6.07) is 5.95. The number of fused-ring (bicyclic) bond motifs is 1. The number of carbonyl (C=O) groups excluding carboxylic acids is 1. The summed E-state index contributed by atoms with van der Waals surface area (Å²) in [6.07, 6.45) is 1.63. The van der Waals surface area contributed by atoms with Gasteiger partial charge in [-0.05, 0) is 24.3 Å². The van der Waals surface area contributed by atoms with Gasteiger partial charge in [0.1, 0.15) is 23.9 Å². The lowest BCUT2D eigenvalue weighted by Gasteiger charge is -2.20. The quantitative estimate of drug-likeness (QED) is 0.875. The number of H-pyrrole nitrogens is 1. The molecule has 0 radical (unpaired) electrons. The summed E-state index contributed by atoms with van der Waals surface area (Å²) in [5.74, 6) is -0.388. The number of benzene rings is 1. The van der Waals surface area contributed by atoms with E-state index in [1.54, 1.807) is 18.3 Å². The van der Waals surface area contributed by atoms with Crippen molar-refractivity contribution in [2.24, 2.45) is 0 Å². The predicted molar refractivity (Wildman–Crippen MR) is 66.6 cm³/mol. The Morgan fingerprint density at radius 1 is 1.45 bits per heavy atom. The molecule has 6 heteroatoms. The molecule has 1 aromatic heterocycles. The van der Waals surface area contributed by atoms with Crippen molar-refractivity contribution in [2.45, 2.75) is 13.2 Å². The Morgan fingerprint density at radius 2 is 2.35 bits per heavy atom. The van der Waals surface area contributed by atoms with E-state index in [-0.39, 0.29) is 20.0 Å². The van der Waals surface area contributed by atoms with Gasteiger partial charge in [0.25, 0.3) is 0 Å². The number of hydrogen-bond acceptors (Lipinski definition) is 4. The van der Waals surface area contributed by atoms with Gasteiger partial charge in [0, 0.05) is 17.3 Å². The molecule has 1 aliphatic rings. The van der Waals surface area contributed by atoms with E-state index in [2.05, 4.69) is 4.98 Å². The molecule has 0 unspecified atom stereocenters. The van der Waals surface area contributed by atoms with Crippen LogP contribution in [0, 0.1) is 5.82 Å². The van der Waals surface area contributed by atoms with Gasteiger partial charge in [-0.25, -0.2) is 9.18 Å². The van der Waals surface area contributed by atoms with E-state index in [1.165, 1.54) is 12.1 Å². The lowest BCUT2D eigenvalue weighted by Crippen LogP contribution is -2.15. The van der Waals surface area contributed by atoms with Gasteiger partial charge in [-0.15, -0.1) is 0 Å². The van der Waals surface area contributed by atoms with E-state index in [0.717, 1.165) is 0 Å². The Balaban J connectivity index is 1.77. The van der Waals surface area contributed by atoms with Gasteiger partial charge < -0.3 is 19.2 Å². The molecule has 104 valence electrons. The number of halogens is 1. The average Bonchev–Trinajstić information content (AvgIpc) is 2.98. The van der Waals surface area contributed by atoms with Crippen LogP contribution in [0.5, 0.6) is 5.75 Å². The van der Waals surface area contributed by atoms with Gasteiger partial charge in [0.05, 0.1) is 6.61 Å². The van der Waals surface area contributed by atoms with Crippen molar-refractivity contribution >= 4 is 5.97 Å². The standard InChI is InChI=1S/C14H12FNO4/c15-11-4-9-6-18-8-20-13(9)10(5-11)7-19-14(17)12-2-1-3-16-12/h1-5,16H,6-8H2. The molecule has 1 aliphatic heterocycles. The molecule has 0 bridgehead atoms. The van der Waals surface area contributed by atoms with E-state index in [0.29, 0.717) is 22.6 Å². The molecule has 2 heterocycles. The van der Waals surface area contributed by atoms with E-state index < -0.39 is 11.8 Å². The molecule has 0 saturated carbocycles. The van der Waals surface area contributed by atoms with Crippen LogP contribution in [0.2, 0.25) is 0 Å². The van der Waals surface area contributed by atoms with Crippen LogP contribution in [0.4, 0.5) is 4.39 Å². The monoisotopic (exact) mass is 277 g/mol. The molecule has 1 N–H and O–H groups in total. The SMILES string of the molecule is O=C(OCc1cc(F)cc2c1OCOC2)c1ccc[nH]1. The van der Waals surface area contributed by atoms with Crippen molar-refractivity contribution in [1.82, 2.24) is 4.98 Å². The summed E-state index contributed by atoms with van der Waals surface area (Å²) in [6.45, 7) is 0.332. The Morgan fingerprint density at radius 3 is 3.15 bits per heavy atom. The van der Waals surface area contributed by atoms with E-state index in [9.17, 15) is 9.18 Å². The minimum atomic E-state index is -0.500. The third-order valence-corrected chi connectivity index (χ3v) is 2.93. The van der Waals surface area contributed by atoms with Crippen LogP contribution < -0.4 is 4.74 Å². The summed E-state index contributed by atoms with van der Waals surface area (Å²) in [4.78, 5) is 14.5. The molecule has 0 saturated heterocycles. The first-order valence-corrected chi connectivity index (χ1v) is 6.06. The number of nitrogens with one attached hydrogen (secondary N) is 1. The molecule has 20 heavy (non-hydrogen) atoms. The molecule has 5 nitrogen and oxygen atoms in total. The number of aromatic amines is 1. The van der Waals surface area contributed by atoms with Crippen LogP contribution in [-0.2, 0) is 22.7 Å². The summed E-state index contributed by atoms with van der Waals surface area (Å²) < 4.78 is 29.1. The van der Waals surface area contributed by atoms with Crippen LogP contribution in [0.1, 0.15) is 21.6 Å². The third-order valence-electron chi connectivity index (χ3n) is 2.93. The molecule has 0 spiro atoms. The highest BCUT2D eigenvalue weighted by Gasteiger charge is 2.18. The molecule has 0 amide bonds. The summed E-state index contributed by atoms with van der Waals surface area (Å²) in [5.41, 5.74) is 1.45. The maximum absolute atomic E-state index is 13.5. The van der Waals surface area contributed by atoms with Crippen LogP contribution in [0.15, 0.2) is 30.5 Å². The number of ether oxygens (including phenoxy) is 3. The van der Waals surface area contributed by atoms with Gasteiger partial charge in [-0.1, -0.05) is 0 Å². The average molecular weight is 277 g/mol. The number of rotatable bonds is 3. The zero-order chi connectivity index (χ0) is 13.9. The van der Waals surface area contributed by atoms with Gasteiger partial charge in [-0.3, -0.25) is 0 Å². The first-order chi connectivity index (χ1) is 9.74. The first kappa shape index (κ1) is 12.7. The lowest BCUT2D eigenvalue weighted by molar-refractivity contribution is -0.0183. The number of carbonyl (C=O) groups is 1. The third kappa shape index (κ3) is 2.50. The van der Waals surface area contributed by atoms with Crippen molar-refractivity contribution in [3.8, 4) is 5.75 Å². The van der Waals surface area contributed by atoms with E-state index in [1.807, 2.05) is 0 Å². The maximum Gasteiger partial charge on any atom is 0.355 e. The van der Waals surface area contributed by atoms with Crippen molar-refractivity contribution in [3.05, 3.63) is 53.1 Å².